The van der Waals surface area contributed by atoms with Crippen LogP contribution < -0.4 is 20.7 Å². The van der Waals surface area contributed by atoms with Gasteiger partial charge in [-0.3, -0.25) is 19.7 Å². The lowest BCUT2D eigenvalue weighted by molar-refractivity contribution is -0.384. The Bertz CT molecular complexity index is 973. The minimum absolute atomic E-state index is 0.0406. The second-order valence-electron chi connectivity index (χ2n) is 6.56. The molecule has 3 rings (SSSR count). The number of amides is 2. The number of methoxy groups -OCH3 is 1. The molecule has 1 aliphatic rings. The van der Waals surface area contributed by atoms with Gasteiger partial charge in [-0.2, -0.15) is 0 Å². The molecule has 0 saturated heterocycles. The number of rotatable bonds is 5. The summed E-state index contributed by atoms with van der Waals surface area (Å²) in [7, 11) is 1.39. The van der Waals surface area contributed by atoms with Crippen molar-refractivity contribution in [3.8, 4) is 5.75 Å². The van der Waals surface area contributed by atoms with Crippen molar-refractivity contribution in [2.45, 2.75) is 26.3 Å². The summed E-state index contributed by atoms with van der Waals surface area (Å²) < 4.78 is 4.97. The molecule has 2 aromatic rings. The van der Waals surface area contributed by atoms with Crippen molar-refractivity contribution in [1.29, 1.82) is 0 Å². The van der Waals surface area contributed by atoms with E-state index in [1.165, 1.54) is 25.3 Å². The number of hydrogen-bond donors (Lipinski definition) is 3. The van der Waals surface area contributed by atoms with Gasteiger partial charge in [0.05, 0.1) is 35.9 Å². The standard InChI is InChI=1S/C19H20N4O5/c1-10-6-14-15(7-11(10)2)22-19(25)16(20-14)9-18(24)21-13-5-4-12(28-3)8-17(13)23(26)27/h4-8,16,20H,9H2,1-3H3,(H,21,24)(H,22,25)/t16-/m0/s1. The molecule has 0 aromatic heterocycles. The average molecular weight is 384 g/mol. The summed E-state index contributed by atoms with van der Waals surface area (Å²) >= 11 is 0. The second-order valence-corrected chi connectivity index (χ2v) is 6.56. The van der Waals surface area contributed by atoms with Gasteiger partial charge in [0.15, 0.2) is 0 Å². The van der Waals surface area contributed by atoms with Gasteiger partial charge in [0, 0.05) is 0 Å². The zero-order valence-corrected chi connectivity index (χ0v) is 15.7. The normalized spacial score (nSPS) is 15.1. The maximum atomic E-state index is 12.4. The highest BCUT2D eigenvalue weighted by atomic mass is 16.6. The molecular formula is C19H20N4O5. The topological polar surface area (TPSA) is 123 Å². The molecule has 0 saturated carbocycles. The molecule has 3 N–H and O–H groups in total. The van der Waals surface area contributed by atoms with Gasteiger partial charge in [0.1, 0.15) is 17.5 Å². The Labute approximate surface area is 161 Å². The molecule has 0 fully saturated rings. The van der Waals surface area contributed by atoms with E-state index in [2.05, 4.69) is 16.0 Å². The highest BCUT2D eigenvalue weighted by Crippen LogP contribution is 2.31. The van der Waals surface area contributed by atoms with Crippen molar-refractivity contribution in [3.05, 3.63) is 51.6 Å². The van der Waals surface area contributed by atoms with Crippen molar-refractivity contribution in [2.75, 3.05) is 23.1 Å². The lowest BCUT2D eigenvalue weighted by Crippen LogP contribution is -2.41. The van der Waals surface area contributed by atoms with E-state index in [9.17, 15) is 19.7 Å². The predicted octanol–water partition coefficient (Wildman–Crippen LogP) is 2.98. The van der Waals surface area contributed by atoms with Gasteiger partial charge < -0.3 is 20.7 Å². The van der Waals surface area contributed by atoms with Crippen LogP contribution in [0.4, 0.5) is 22.7 Å². The van der Waals surface area contributed by atoms with E-state index < -0.39 is 16.9 Å². The predicted molar refractivity (Wildman–Crippen MR) is 105 cm³/mol. The number of anilines is 3. The Kier molecular flexibility index (Phi) is 5.16. The summed E-state index contributed by atoms with van der Waals surface area (Å²) in [4.78, 5) is 35.4. The molecule has 0 aliphatic carbocycles. The molecule has 0 bridgehead atoms. The fourth-order valence-corrected chi connectivity index (χ4v) is 2.94. The van der Waals surface area contributed by atoms with Crippen molar-refractivity contribution in [1.82, 2.24) is 0 Å². The Morgan fingerprint density at radius 2 is 1.89 bits per heavy atom. The number of nitrogens with zero attached hydrogens (tertiary/aromatic N) is 1. The maximum Gasteiger partial charge on any atom is 0.296 e. The Balaban J connectivity index is 1.74. The van der Waals surface area contributed by atoms with Crippen LogP contribution in [0.5, 0.6) is 5.75 Å². The summed E-state index contributed by atoms with van der Waals surface area (Å²) in [6.07, 6.45) is -0.179. The molecular weight excluding hydrogens is 364 g/mol. The Morgan fingerprint density at radius 1 is 1.21 bits per heavy atom. The van der Waals surface area contributed by atoms with Crippen LogP contribution in [0.3, 0.4) is 0 Å². The zero-order chi connectivity index (χ0) is 20.4. The van der Waals surface area contributed by atoms with Gasteiger partial charge in [0.2, 0.25) is 11.8 Å². The quantitative estimate of drug-likeness (QED) is 0.538. The van der Waals surface area contributed by atoms with Gasteiger partial charge >= 0.3 is 0 Å². The number of hydrogen-bond acceptors (Lipinski definition) is 6. The van der Waals surface area contributed by atoms with E-state index in [0.717, 1.165) is 16.8 Å². The van der Waals surface area contributed by atoms with Crippen LogP contribution in [0, 0.1) is 24.0 Å². The van der Waals surface area contributed by atoms with E-state index in [-0.39, 0.29) is 23.7 Å². The molecule has 0 spiro atoms. The minimum Gasteiger partial charge on any atom is -0.496 e. The largest absolute Gasteiger partial charge is 0.496 e. The molecule has 9 nitrogen and oxygen atoms in total. The first-order chi connectivity index (χ1) is 13.3. The number of aryl methyl sites for hydroxylation is 2. The van der Waals surface area contributed by atoms with Gasteiger partial charge in [-0.05, 0) is 49.2 Å². The summed E-state index contributed by atoms with van der Waals surface area (Å²) in [5.74, 6) is -0.552. The molecule has 2 amide bonds. The average Bonchev–Trinajstić information content (AvgIpc) is 2.64. The number of ether oxygens (including phenoxy) is 1. The molecule has 2 aromatic carbocycles. The molecule has 1 heterocycles. The number of nitro benzene ring substituents is 1. The van der Waals surface area contributed by atoms with Crippen molar-refractivity contribution < 1.29 is 19.2 Å². The molecule has 28 heavy (non-hydrogen) atoms. The summed E-state index contributed by atoms with van der Waals surface area (Å²) in [5, 5.41) is 19.6. The highest BCUT2D eigenvalue weighted by Gasteiger charge is 2.28. The van der Waals surface area contributed by atoms with E-state index in [4.69, 9.17) is 4.74 Å². The third-order valence-corrected chi connectivity index (χ3v) is 4.60. The SMILES string of the molecule is COc1ccc(NC(=O)C[C@@H]2Nc3cc(C)c(C)cc3NC2=O)c([N+](=O)[O-])c1. The van der Waals surface area contributed by atoms with E-state index in [1.54, 1.807) is 0 Å². The Morgan fingerprint density at radius 3 is 2.54 bits per heavy atom. The molecule has 1 aliphatic heterocycles. The summed E-state index contributed by atoms with van der Waals surface area (Å²) in [6.45, 7) is 3.90. The first kappa shape index (κ1) is 19.2. The molecule has 146 valence electrons. The first-order valence-electron chi connectivity index (χ1n) is 8.59. The van der Waals surface area contributed by atoms with Gasteiger partial charge in [-0.1, -0.05) is 0 Å². The van der Waals surface area contributed by atoms with Gasteiger partial charge in [-0.15, -0.1) is 0 Å². The smallest absolute Gasteiger partial charge is 0.296 e. The molecule has 9 heteroatoms. The molecule has 0 unspecified atom stereocenters. The number of fused-ring (bicyclic) bond motifs is 1. The summed E-state index contributed by atoms with van der Waals surface area (Å²) in [6, 6.07) is 7.12. The molecule has 1 atom stereocenters. The van der Waals surface area contributed by atoms with Crippen LogP contribution in [-0.2, 0) is 9.59 Å². The fraction of sp³-hybridized carbons (Fsp3) is 0.263. The van der Waals surface area contributed by atoms with Crippen molar-refractivity contribution in [3.63, 3.8) is 0 Å². The maximum absolute atomic E-state index is 12.4. The number of nitrogens with one attached hydrogen (secondary N) is 3. The Hall–Kier alpha value is -3.62. The van der Waals surface area contributed by atoms with Crippen molar-refractivity contribution in [2.24, 2.45) is 0 Å². The highest BCUT2D eigenvalue weighted by molar-refractivity contribution is 6.06. The summed E-state index contributed by atoms with van der Waals surface area (Å²) in [5.41, 5.74) is 3.25. The monoisotopic (exact) mass is 384 g/mol. The van der Waals surface area contributed by atoms with E-state index in [0.29, 0.717) is 11.4 Å². The fourth-order valence-electron chi connectivity index (χ4n) is 2.94. The third kappa shape index (κ3) is 3.88. The van der Waals surface area contributed by atoms with E-state index in [1.807, 2.05) is 26.0 Å². The van der Waals surface area contributed by atoms with Gasteiger partial charge in [0.25, 0.3) is 5.69 Å². The lowest BCUT2D eigenvalue weighted by Gasteiger charge is -2.27. The van der Waals surface area contributed by atoms with Crippen LogP contribution in [0.2, 0.25) is 0 Å². The third-order valence-electron chi connectivity index (χ3n) is 4.60. The second kappa shape index (κ2) is 7.55. The molecule has 0 radical (unpaired) electrons. The minimum atomic E-state index is -0.785. The number of carbonyl (C=O) groups is 2. The van der Waals surface area contributed by atoms with Crippen LogP contribution in [0.25, 0.3) is 0 Å². The van der Waals surface area contributed by atoms with Gasteiger partial charge in [-0.25, -0.2) is 0 Å². The van der Waals surface area contributed by atoms with Crippen LogP contribution in [0.15, 0.2) is 30.3 Å². The van der Waals surface area contributed by atoms with Crippen LogP contribution in [-0.4, -0.2) is 29.9 Å². The van der Waals surface area contributed by atoms with E-state index >= 15 is 0 Å². The van der Waals surface area contributed by atoms with Crippen molar-refractivity contribution >= 4 is 34.6 Å². The first-order valence-corrected chi connectivity index (χ1v) is 8.59. The van der Waals surface area contributed by atoms with Crippen LogP contribution >= 0.6 is 0 Å². The van der Waals surface area contributed by atoms with Crippen LogP contribution in [0.1, 0.15) is 17.5 Å². The number of nitro groups is 1. The number of carbonyl (C=O) groups excluding carboxylic acids is 2. The number of benzene rings is 2. The lowest BCUT2D eigenvalue weighted by atomic mass is 10.0. The zero-order valence-electron chi connectivity index (χ0n) is 15.7.